The average Bonchev–Trinajstić information content (AvgIpc) is 3.29. The molecule has 1 unspecified atom stereocenters. The summed E-state index contributed by atoms with van der Waals surface area (Å²) in [6, 6.07) is 9.88. The van der Waals surface area contributed by atoms with E-state index in [9.17, 15) is 5.11 Å². The minimum absolute atomic E-state index is 0.0467. The van der Waals surface area contributed by atoms with Crippen LogP contribution in [0.2, 0.25) is 0 Å². The highest BCUT2D eigenvalue weighted by Gasteiger charge is 2.42. The third-order valence-electron chi connectivity index (χ3n) is 4.00. The Kier molecular flexibility index (Phi) is 3.36. The van der Waals surface area contributed by atoms with Crippen molar-refractivity contribution in [1.29, 1.82) is 0 Å². The SMILES string of the molecule is Cc1ccc2cccc(OCC(N)(CO)C3CC3)c2n1. The second-order valence-corrected chi connectivity index (χ2v) is 5.73. The van der Waals surface area contributed by atoms with Gasteiger partial charge in [-0.2, -0.15) is 0 Å². The van der Waals surface area contributed by atoms with E-state index >= 15 is 0 Å². The van der Waals surface area contributed by atoms with Gasteiger partial charge in [-0.3, -0.25) is 0 Å². The number of nitrogens with two attached hydrogens (primary N) is 1. The number of para-hydroxylation sites is 1. The van der Waals surface area contributed by atoms with Gasteiger partial charge in [-0.15, -0.1) is 0 Å². The van der Waals surface area contributed by atoms with E-state index in [-0.39, 0.29) is 6.61 Å². The molecule has 0 radical (unpaired) electrons. The average molecular weight is 272 g/mol. The number of benzene rings is 1. The normalized spacial score (nSPS) is 17.9. The number of fused-ring (bicyclic) bond motifs is 1. The molecule has 2 aromatic rings. The van der Waals surface area contributed by atoms with Gasteiger partial charge in [0.25, 0.3) is 0 Å². The maximum Gasteiger partial charge on any atom is 0.145 e. The van der Waals surface area contributed by atoms with Crippen LogP contribution in [0.25, 0.3) is 10.9 Å². The number of rotatable bonds is 5. The quantitative estimate of drug-likeness (QED) is 0.873. The molecule has 0 amide bonds. The van der Waals surface area contributed by atoms with Crippen LogP contribution in [-0.2, 0) is 0 Å². The number of nitrogens with zero attached hydrogens (tertiary/aromatic N) is 1. The van der Waals surface area contributed by atoms with Crippen molar-refractivity contribution in [1.82, 2.24) is 4.98 Å². The molecule has 4 nitrogen and oxygen atoms in total. The first-order valence-corrected chi connectivity index (χ1v) is 7.01. The van der Waals surface area contributed by atoms with Gasteiger partial charge < -0.3 is 15.6 Å². The summed E-state index contributed by atoms with van der Waals surface area (Å²) in [6.45, 7) is 2.24. The van der Waals surface area contributed by atoms with Crippen molar-refractivity contribution in [3.05, 3.63) is 36.0 Å². The van der Waals surface area contributed by atoms with Gasteiger partial charge in [0.1, 0.15) is 17.9 Å². The minimum Gasteiger partial charge on any atom is -0.489 e. The first kappa shape index (κ1) is 13.3. The third kappa shape index (κ3) is 2.49. The Morgan fingerprint density at radius 1 is 1.35 bits per heavy atom. The lowest BCUT2D eigenvalue weighted by atomic mass is 9.97. The predicted octanol–water partition coefficient (Wildman–Crippen LogP) is 2.02. The summed E-state index contributed by atoms with van der Waals surface area (Å²) in [5.41, 5.74) is 7.40. The highest BCUT2D eigenvalue weighted by atomic mass is 16.5. The summed E-state index contributed by atoms with van der Waals surface area (Å²) in [6.07, 6.45) is 2.15. The second-order valence-electron chi connectivity index (χ2n) is 5.73. The number of hydrogen-bond donors (Lipinski definition) is 2. The van der Waals surface area contributed by atoms with Crippen molar-refractivity contribution >= 4 is 10.9 Å². The Hall–Kier alpha value is -1.65. The Morgan fingerprint density at radius 2 is 2.15 bits per heavy atom. The van der Waals surface area contributed by atoms with Gasteiger partial charge in [-0.25, -0.2) is 4.98 Å². The molecule has 0 saturated heterocycles. The molecule has 1 fully saturated rings. The van der Waals surface area contributed by atoms with Gasteiger partial charge >= 0.3 is 0 Å². The second kappa shape index (κ2) is 5.04. The zero-order valence-corrected chi connectivity index (χ0v) is 11.7. The van der Waals surface area contributed by atoms with Crippen LogP contribution in [0.15, 0.2) is 30.3 Å². The molecule has 1 atom stereocenters. The molecule has 1 aromatic carbocycles. The van der Waals surface area contributed by atoms with E-state index in [1.165, 1.54) is 0 Å². The minimum atomic E-state index is -0.633. The van der Waals surface area contributed by atoms with Crippen molar-refractivity contribution < 1.29 is 9.84 Å². The van der Waals surface area contributed by atoms with Gasteiger partial charge in [0.2, 0.25) is 0 Å². The number of aliphatic hydroxyl groups is 1. The zero-order valence-electron chi connectivity index (χ0n) is 11.7. The Morgan fingerprint density at radius 3 is 2.85 bits per heavy atom. The molecule has 3 rings (SSSR count). The summed E-state index contributed by atoms with van der Waals surface area (Å²) in [7, 11) is 0. The molecule has 0 bridgehead atoms. The molecule has 4 heteroatoms. The number of pyridine rings is 1. The fourth-order valence-corrected chi connectivity index (χ4v) is 2.50. The number of aryl methyl sites for hydroxylation is 1. The summed E-state index contributed by atoms with van der Waals surface area (Å²) >= 11 is 0. The topological polar surface area (TPSA) is 68.4 Å². The van der Waals surface area contributed by atoms with Gasteiger partial charge in [0.15, 0.2) is 0 Å². The molecule has 1 aromatic heterocycles. The molecule has 1 heterocycles. The van der Waals surface area contributed by atoms with Crippen LogP contribution < -0.4 is 10.5 Å². The molecule has 1 saturated carbocycles. The standard InChI is InChI=1S/C16H20N2O2/c1-11-5-6-12-3-2-4-14(15(12)18-11)20-10-16(17,9-19)13-7-8-13/h2-6,13,19H,7-10,17H2,1H3. The van der Waals surface area contributed by atoms with Gasteiger partial charge in [-0.05, 0) is 37.8 Å². The molecule has 20 heavy (non-hydrogen) atoms. The molecular weight excluding hydrogens is 252 g/mol. The lowest BCUT2D eigenvalue weighted by Gasteiger charge is -2.27. The van der Waals surface area contributed by atoms with E-state index in [0.29, 0.717) is 12.5 Å². The Balaban J connectivity index is 1.85. The van der Waals surface area contributed by atoms with Crippen LogP contribution in [0.3, 0.4) is 0 Å². The summed E-state index contributed by atoms with van der Waals surface area (Å²) < 4.78 is 5.88. The van der Waals surface area contributed by atoms with Gasteiger partial charge in [0, 0.05) is 11.1 Å². The van der Waals surface area contributed by atoms with Crippen molar-refractivity contribution in [2.24, 2.45) is 11.7 Å². The van der Waals surface area contributed by atoms with Crippen LogP contribution in [0, 0.1) is 12.8 Å². The van der Waals surface area contributed by atoms with E-state index in [0.717, 1.165) is 35.2 Å². The van der Waals surface area contributed by atoms with E-state index in [2.05, 4.69) is 4.98 Å². The maximum absolute atomic E-state index is 9.51. The van der Waals surface area contributed by atoms with Crippen molar-refractivity contribution in [3.8, 4) is 5.75 Å². The Labute approximate surface area is 118 Å². The largest absolute Gasteiger partial charge is 0.489 e. The van der Waals surface area contributed by atoms with E-state index in [1.807, 2.05) is 37.3 Å². The van der Waals surface area contributed by atoms with Crippen LogP contribution >= 0.6 is 0 Å². The summed E-state index contributed by atoms with van der Waals surface area (Å²) in [4.78, 5) is 4.53. The first-order chi connectivity index (χ1) is 9.62. The van der Waals surface area contributed by atoms with Gasteiger partial charge in [-0.1, -0.05) is 18.2 Å². The highest BCUT2D eigenvalue weighted by Crippen LogP contribution is 2.38. The maximum atomic E-state index is 9.51. The lowest BCUT2D eigenvalue weighted by molar-refractivity contribution is 0.117. The molecule has 0 spiro atoms. The van der Waals surface area contributed by atoms with Crippen LogP contribution in [-0.4, -0.2) is 28.8 Å². The van der Waals surface area contributed by atoms with Crippen LogP contribution in [0.4, 0.5) is 0 Å². The van der Waals surface area contributed by atoms with Crippen molar-refractivity contribution in [2.75, 3.05) is 13.2 Å². The predicted molar refractivity (Wildman–Crippen MR) is 78.7 cm³/mol. The molecule has 0 aliphatic heterocycles. The molecule has 106 valence electrons. The fraction of sp³-hybridized carbons (Fsp3) is 0.438. The first-order valence-electron chi connectivity index (χ1n) is 7.01. The molecular formula is C16H20N2O2. The zero-order chi connectivity index (χ0) is 14.2. The van der Waals surface area contributed by atoms with Crippen molar-refractivity contribution in [3.63, 3.8) is 0 Å². The molecule has 1 aliphatic carbocycles. The molecule has 3 N–H and O–H groups in total. The Bertz CT molecular complexity index is 625. The number of aliphatic hydroxyl groups excluding tert-OH is 1. The summed E-state index contributed by atoms with van der Waals surface area (Å²) in [5.74, 6) is 1.10. The molecule has 1 aliphatic rings. The van der Waals surface area contributed by atoms with Crippen LogP contribution in [0.5, 0.6) is 5.75 Å². The van der Waals surface area contributed by atoms with E-state index < -0.39 is 5.54 Å². The fourth-order valence-electron chi connectivity index (χ4n) is 2.50. The van der Waals surface area contributed by atoms with Gasteiger partial charge in [0.05, 0.1) is 12.1 Å². The lowest BCUT2D eigenvalue weighted by Crippen LogP contribution is -2.51. The monoisotopic (exact) mass is 272 g/mol. The van der Waals surface area contributed by atoms with Crippen LogP contribution in [0.1, 0.15) is 18.5 Å². The summed E-state index contributed by atoms with van der Waals surface area (Å²) in [5, 5.41) is 10.6. The third-order valence-corrected chi connectivity index (χ3v) is 4.00. The van der Waals surface area contributed by atoms with Crippen molar-refractivity contribution in [2.45, 2.75) is 25.3 Å². The number of aromatic nitrogens is 1. The van der Waals surface area contributed by atoms with E-state index in [1.54, 1.807) is 0 Å². The highest BCUT2D eigenvalue weighted by molar-refractivity contribution is 5.84. The number of ether oxygens (including phenoxy) is 1. The smallest absolute Gasteiger partial charge is 0.145 e. The van der Waals surface area contributed by atoms with E-state index in [4.69, 9.17) is 10.5 Å². The number of hydrogen-bond acceptors (Lipinski definition) is 4.